The molecule has 0 spiro atoms. The van der Waals surface area contributed by atoms with Gasteiger partial charge in [0.25, 0.3) is 0 Å². The first-order valence-electron chi connectivity index (χ1n) is 5.70. The molecule has 2 heterocycles. The first-order valence-corrected chi connectivity index (χ1v) is 5.70. The Morgan fingerprint density at radius 3 is 2.88 bits per heavy atom. The van der Waals surface area contributed by atoms with Crippen LogP contribution in [-0.4, -0.2) is 20.8 Å². The van der Waals surface area contributed by atoms with Crippen LogP contribution in [-0.2, 0) is 6.54 Å². The standard InChI is InChI=1S/C12H13FN4/c1-8-6-7-17-12(14-8)15-11(16-17)9-2-4-10(13)5-3-9/h2-5,8H,6-7H2,1H3,(H,14,15,16). The van der Waals surface area contributed by atoms with Gasteiger partial charge in [-0.15, -0.1) is 5.10 Å². The number of nitrogens with zero attached hydrogens (tertiary/aromatic N) is 3. The van der Waals surface area contributed by atoms with E-state index in [1.54, 1.807) is 12.1 Å². The van der Waals surface area contributed by atoms with Crippen molar-refractivity contribution in [2.45, 2.75) is 25.9 Å². The zero-order valence-electron chi connectivity index (χ0n) is 9.52. The molecule has 0 saturated carbocycles. The number of anilines is 1. The molecule has 0 amide bonds. The van der Waals surface area contributed by atoms with Crippen molar-refractivity contribution in [2.24, 2.45) is 0 Å². The molecule has 1 atom stereocenters. The minimum Gasteiger partial charge on any atom is -0.352 e. The molecule has 88 valence electrons. The normalized spacial score (nSPS) is 18.6. The van der Waals surface area contributed by atoms with Gasteiger partial charge in [0.15, 0.2) is 5.82 Å². The molecule has 2 aromatic rings. The van der Waals surface area contributed by atoms with Gasteiger partial charge in [-0.05, 0) is 37.6 Å². The first kappa shape index (κ1) is 10.3. The van der Waals surface area contributed by atoms with Gasteiger partial charge in [-0.2, -0.15) is 4.98 Å². The number of fused-ring (bicyclic) bond motifs is 1. The Morgan fingerprint density at radius 2 is 2.12 bits per heavy atom. The van der Waals surface area contributed by atoms with Crippen molar-refractivity contribution >= 4 is 5.95 Å². The molecule has 0 fully saturated rings. The summed E-state index contributed by atoms with van der Waals surface area (Å²) in [6, 6.07) is 6.66. The summed E-state index contributed by atoms with van der Waals surface area (Å²) in [5, 5.41) is 7.68. The molecule has 1 aliphatic rings. The van der Waals surface area contributed by atoms with Crippen LogP contribution in [0.5, 0.6) is 0 Å². The number of nitrogens with one attached hydrogen (secondary N) is 1. The first-order chi connectivity index (χ1) is 8.22. The number of halogens is 1. The van der Waals surface area contributed by atoms with Crippen molar-refractivity contribution in [3.8, 4) is 11.4 Å². The Labute approximate surface area is 98.5 Å². The van der Waals surface area contributed by atoms with E-state index in [9.17, 15) is 4.39 Å². The molecule has 1 N–H and O–H groups in total. The second-order valence-corrected chi connectivity index (χ2v) is 4.32. The van der Waals surface area contributed by atoms with Gasteiger partial charge >= 0.3 is 0 Å². The number of rotatable bonds is 1. The molecule has 0 radical (unpaired) electrons. The Balaban J connectivity index is 1.97. The summed E-state index contributed by atoms with van der Waals surface area (Å²) in [5.74, 6) is 1.19. The minimum absolute atomic E-state index is 0.246. The summed E-state index contributed by atoms with van der Waals surface area (Å²) < 4.78 is 14.7. The molecular weight excluding hydrogens is 219 g/mol. The Hall–Kier alpha value is -1.91. The van der Waals surface area contributed by atoms with Crippen molar-refractivity contribution < 1.29 is 4.39 Å². The van der Waals surface area contributed by atoms with Crippen LogP contribution in [0.25, 0.3) is 11.4 Å². The topological polar surface area (TPSA) is 42.7 Å². The molecule has 1 aliphatic heterocycles. The fourth-order valence-corrected chi connectivity index (χ4v) is 1.93. The second-order valence-electron chi connectivity index (χ2n) is 4.32. The van der Waals surface area contributed by atoms with Crippen LogP contribution in [0.3, 0.4) is 0 Å². The fraction of sp³-hybridized carbons (Fsp3) is 0.333. The van der Waals surface area contributed by atoms with Crippen molar-refractivity contribution in [2.75, 3.05) is 5.32 Å². The molecule has 0 saturated heterocycles. The Kier molecular flexibility index (Phi) is 2.31. The smallest absolute Gasteiger partial charge is 0.221 e. The van der Waals surface area contributed by atoms with Crippen LogP contribution in [0.15, 0.2) is 24.3 Å². The van der Waals surface area contributed by atoms with Crippen LogP contribution in [0.1, 0.15) is 13.3 Å². The van der Waals surface area contributed by atoms with Gasteiger partial charge in [-0.25, -0.2) is 9.07 Å². The van der Waals surface area contributed by atoms with Gasteiger partial charge in [0.2, 0.25) is 5.95 Å². The zero-order valence-corrected chi connectivity index (χ0v) is 9.52. The summed E-state index contributed by atoms with van der Waals surface area (Å²) in [4.78, 5) is 4.42. The highest BCUT2D eigenvalue weighted by Gasteiger charge is 2.18. The third-order valence-corrected chi connectivity index (χ3v) is 2.92. The third kappa shape index (κ3) is 1.88. The van der Waals surface area contributed by atoms with Gasteiger partial charge in [0.1, 0.15) is 5.82 Å². The molecule has 1 unspecified atom stereocenters. The largest absolute Gasteiger partial charge is 0.352 e. The van der Waals surface area contributed by atoms with Crippen LogP contribution < -0.4 is 5.32 Å². The SMILES string of the molecule is CC1CCn2nc(-c3ccc(F)cc3)nc2N1. The van der Waals surface area contributed by atoms with E-state index in [1.165, 1.54) is 12.1 Å². The van der Waals surface area contributed by atoms with E-state index in [2.05, 4.69) is 22.3 Å². The van der Waals surface area contributed by atoms with Crippen molar-refractivity contribution in [1.82, 2.24) is 14.8 Å². The maximum absolute atomic E-state index is 12.8. The average Bonchev–Trinajstić information content (AvgIpc) is 2.72. The van der Waals surface area contributed by atoms with Gasteiger partial charge in [0.05, 0.1) is 0 Å². The fourth-order valence-electron chi connectivity index (χ4n) is 1.93. The molecule has 4 nitrogen and oxygen atoms in total. The molecule has 3 rings (SSSR count). The van der Waals surface area contributed by atoms with Crippen molar-refractivity contribution in [3.05, 3.63) is 30.1 Å². The maximum Gasteiger partial charge on any atom is 0.221 e. The quantitative estimate of drug-likeness (QED) is 0.820. The Morgan fingerprint density at radius 1 is 1.35 bits per heavy atom. The summed E-state index contributed by atoms with van der Waals surface area (Å²) in [5.41, 5.74) is 0.836. The third-order valence-electron chi connectivity index (χ3n) is 2.92. The van der Waals surface area contributed by atoms with Gasteiger partial charge in [-0.1, -0.05) is 0 Å². The summed E-state index contributed by atoms with van der Waals surface area (Å²) in [6.45, 7) is 2.99. The predicted molar refractivity (Wildman–Crippen MR) is 63.1 cm³/mol. The van der Waals surface area contributed by atoms with E-state index in [4.69, 9.17) is 0 Å². The number of benzene rings is 1. The van der Waals surface area contributed by atoms with Crippen LogP contribution in [0, 0.1) is 5.82 Å². The average molecular weight is 232 g/mol. The number of aryl methyl sites for hydroxylation is 1. The van der Waals surface area contributed by atoms with E-state index in [0.717, 1.165) is 24.5 Å². The molecule has 1 aromatic heterocycles. The lowest BCUT2D eigenvalue weighted by Gasteiger charge is -2.20. The van der Waals surface area contributed by atoms with Gasteiger partial charge < -0.3 is 5.32 Å². The summed E-state index contributed by atoms with van der Waals surface area (Å²) in [7, 11) is 0. The van der Waals surface area contributed by atoms with E-state index < -0.39 is 0 Å². The molecule has 1 aromatic carbocycles. The molecule has 0 bridgehead atoms. The highest BCUT2D eigenvalue weighted by molar-refractivity contribution is 5.56. The summed E-state index contributed by atoms with van der Waals surface area (Å²) in [6.07, 6.45) is 1.04. The van der Waals surface area contributed by atoms with E-state index >= 15 is 0 Å². The van der Waals surface area contributed by atoms with Gasteiger partial charge in [-0.3, -0.25) is 0 Å². The molecule has 17 heavy (non-hydrogen) atoms. The minimum atomic E-state index is -0.246. The van der Waals surface area contributed by atoms with Gasteiger partial charge in [0, 0.05) is 18.2 Å². The lowest BCUT2D eigenvalue weighted by molar-refractivity contribution is 0.510. The zero-order chi connectivity index (χ0) is 11.8. The summed E-state index contributed by atoms with van der Waals surface area (Å²) >= 11 is 0. The predicted octanol–water partition coefficient (Wildman–Crippen LogP) is 2.29. The molecule has 0 aliphatic carbocycles. The lowest BCUT2D eigenvalue weighted by atomic mass is 10.2. The lowest BCUT2D eigenvalue weighted by Crippen LogP contribution is -2.26. The van der Waals surface area contributed by atoms with Crippen LogP contribution in [0.4, 0.5) is 10.3 Å². The Bertz CT molecular complexity index is 532. The monoisotopic (exact) mass is 232 g/mol. The molecule has 5 heteroatoms. The van der Waals surface area contributed by atoms with E-state index in [1.807, 2.05) is 4.68 Å². The van der Waals surface area contributed by atoms with E-state index in [0.29, 0.717) is 11.9 Å². The van der Waals surface area contributed by atoms with Crippen molar-refractivity contribution in [1.29, 1.82) is 0 Å². The van der Waals surface area contributed by atoms with E-state index in [-0.39, 0.29) is 5.82 Å². The number of hydrogen-bond acceptors (Lipinski definition) is 3. The number of aromatic nitrogens is 3. The molecular formula is C12H13FN4. The van der Waals surface area contributed by atoms with Crippen molar-refractivity contribution in [3.63, 3.8) is 0 Å². The highest BCUT2D eigenvalue weighted by atomic mass is 19.1. The maximum atomic E-state index is 12.8. The van der Waals surface area contributed by atoms with Crippen LogP contribution >= 0.6 is 0 Å². The number of hydrogen-bond donors (Lipinski definition) is 1. The second kappa shape index (κ2) is 3.84. The van der Waals surface area contributed by atoms with Crippen LogP contribution in [0.2, 0.25) is 0 Å². The highest BCUT2D eigenvalue weighted by Crippen LogP contribution is 2.21.